The zero-order chi connectivity index (χ0) is 28.1. The van der Waals surface area contributed by atoms with Crippen molar-refractivity contribution in [2.75, 3.05) is 5.75 Å². The number of aliphatic carboxylic acids is 1. The van der Waals surface area contributed by atoms with Gasteiger partial charge in [0, 0.05) is 23.3 Å². The Morgan fingerprint density at radius 2 is 1.92 bits per heavy atom. The molecule has 0 spiro atoms. The molecule has 1 unspecified atom stereocenters. The predicted octanol–water partition coefficient (Wildman–Crippen LogP) is 5.01. The van der Waals surface area contributed by atoms with Crippen LogP contribution in [0.1, 0.15) is 24.9 Å². The quantitative estimate of drug-likeness (QED) is 0.306. The molecule has 9 nitrogen and oxygen atoms in total. The van der Waals surface area contributed by atoms with E-state index in [1.807, 2.05) is 6.07 Å². The third-order valence-electron chi connectivity index (χ3n) is 5.27. The minimum absolute atomic E-state index is 0.0492. The number of nitrogens with zero attached hydrogens (tertiary/aromatic N) is 4. The summed E-state index contributed by atoms with van der Waals surface area (Å²) in [6.07, 6.45) is 0.367. The molecular weight excluding hydrogens is 537 g/mol. The molecule has 0 aliphatic heterocycles. The molecule has 1 aromatic carbocycles. The van der Waals surface area contributed by atoms with Crippen LogP contribution in [-0.2, 0) is 14.6 Å². The first-order valence-corrected chi connectivity index (χ1v) is 12.4. The number of sulfone groups is 1. The van der Waals surface area contributed by atoms with E-state index in [2.05, 4.69) is 20.1 Å². The van der Waals surface area contributed by atoms with Crippen molar-refractivity contribution in [3.05, 3.63) is 73.0 Å². The van der Waals surface area contributed by atoms with Crippen LogP contribution < -0.4 is 0 Å². The Labute approximate surface area is 212 Å². The van der Waals surface area contributed by atoms with Gasteiger partial charge in [-0.05, 0) is 36.3 Å². The van der Waals surface area contributed by atoms with Crippen LogP contribution in [0.5, 0.6) is 0 Å². The number of aromatic amines is 1. The van der Waals surface area contributed by atoms with Gasteiger partial charge in [-0.25, -0.2) is 23.2 Å². The van der Waals surface area contributed by atoms with Gasteiger partial charge >= 0.3 is 12.1 Å². The Morgan fingerprint density at radius 1 is 1.21 bits per heavy atom. The summed E-state index contributed by atoms with van der Waals surface area (Å²) in [6, 6.07) is 7.57. The molecule has 0 radical (unpaired) electrons. The summed E-state index contributed by atoms with van der Waals surface area (Å²) in [6.45, 7) is 1.56. The fourth-order valence-corrected chi connectivity index (χ4v) is 4.35. The molecule has 0 saturated carbocycles. The molecule has 0 aliphatic carbocycles. The average molecular weight is 558 g/mol. The van der Waals surface area contributed by atoms with E-state index >= 15 is 0 Å². The lowest BCUT2D eigenvalue weighted by molar-refractivity contribution is -0.192. The summed E-state index contributed by atoms with van der Waals surface area (Å²) in [5.74, 6) is -2.81. The Bertz CT molecular complexity index is 1560. The Balaban J connectivity index is 0.000000505. The van der Waals surface area contributed by atoms with Gasteiger partial charge in [-0.15, -0.1) is 0 Å². The van der Waals surface area contributed by atoms with Crippen molar-refractivity contribution in [1.29, 1.82) is 0 Å². The molecule has 0 fully saturated rings. The van der Waals surface area contributed by atoms with Crippen LogP contribution in [0, 0.1) is 0 Å². The molecule has 4 rings (SSSR count). The molecule has 1 atom stereocenters. The highest BCUT2D eigenvalue weighted by atomic mass is 32.2. The highest BCUT2D eigenvalue weighted by Gasteiger charge is 2.38. The number of halogens is 5. The number of aromatic nitrogens is 5. The van der Waals surface area contributed by atoms with E-state index in [4.69, 9.17) is 9.90 Å². The number of benzene rings is 1. The molecule has 3 aromatic heterocycles. The van der Waals surface area contributed by atoms with E-state index < -0.39 is 34.1 Å². The maximum atomic E-state index is 12.9. The monoisotopic (exact) mass is 557 g/mol. The number of allylic oxidation sites excluding steroid dienone is 1. The second-order valence-electron chi connectivity index (χ2n) is 7.70. The molecule has 0 bridgehead atoms. The minimum atomic E-state index is -5.08. The van der Waals surface area contributed by atoms with Crippen LogP contribution in [0.3, 0.4) is 0 Å². The van der Waals surface area contributed by atoms with Crippen LogP contribution >= 0.6 is 0 Å². The van der Waals surface area contributed by atoms with E-state index in [0.717, 1.165) is 11.5 Å². The Hall–Kier alpha value is -4.14. The summed E-state index contributed by atoms with van der Waals surface area (Å²) in [5, 5.41) is 12.3. The van der Waals surface area contributed by atoms with Gasteiger partial charge in [-0.1, -0.05) is 19.1 Å². The van der Waals surface area contributed by atoms with Gasteiger partial charge in [0.05, 0.1) is 28.6 Å². The van der Waals surface area contributed by atoms with Crippen molar-refractivity contribution < 1.29 is 40.3 Å². The van der Waals surface area contributed by atoms with Gasteiger partial charge in [0.15, 0.2) is 9.84 Å². The number of carboxylic acids is 1. The molecule has 0 amide bonds. The maximum absolute atomic E-state index is 12.9. The normalized spacial score (nSPS) is 12.5. The number of rotatable bonds is 7. The smallest absolute Gasteiger partial charge is 0.475 e. The van der Waals surface area contributed by atoms with E-state index in [0.29, 0.717) is 22.5 Å². The highest BCUT2D eigenvalue weighted by molar-refractivity contribution is 7.91. The third-order valence-corrected chi connectivity index (χ3v) is 7.00. The Morgan fingerprint density at radius 3 is 2.55 bits per heavy atom. The molecule has 0 saturated heterocycles. The summed E-state index contributed by atoms with van der Waals surface area (Å²) < 4.78 is 83.6. The lowest BCUT2D eigenvalue weighted by Crippen LogP contribution is -2.21. The van der Waals surface area contributed by atoms with Gasteiger partial charge in [0.1, 0.15) is 12.0 Å². The fraction of sp³-hybridized carbons (Fsp3) is 0.217. The molecule has 3 heterocycles. The highest BCUT2D eigenvalue weighted by Crippen LogP contribution is 2.29. The molecular formula is C23H20F5N5O4S. The molecule has 38 heavy (non-hydrogen) atoms. The molecule has 2 N–H and O–H groups in total. The number of carboxylic acid groups (broad SMARTS) is 1. The SMILES string of the molecule is CCS(=O)(=O)c1cccc(C(CC=C(F)F)n2cc(-c3ncnc4[nH]ccc34)cn2)c1.O=C(O)C(F)(F)F. The van der Waals surface area contributed by atoms with Gasteiger partial charge < -0.3 is 10.1 Å². The van der Waals surface area contributed by atoms with Crippen LogP contribution in [0.15, 0.2) is 72.3 Å². The van der Waals surface area contributed by atoms with Crippen molar-refractivity contribution >= 4 is 26.8 Å². The lowest BCUT2D eigenvalue weighted by atomic mass is 10.0. The number of H-pyrrole nitrogens is 1. The van der Waals surface area contributed by atoms with E-state index in [1.54, 1.807) is 42.3 Å². The molecule has 202 valence electrons. The summed E-state index contributed by atoms with van der Waals surface area (Å²) in [7, 11) is -3.44. The largest absolute Gasteiger partial charge is 0.490 e. The number of hydrogen-bond acceptors (Lipinski definition) is 6. The van der Waals surface area contributed by atoms with Crippen LogP contribution in [0.25, 0.3) is 22.3 Å². The average Bonchev–Trinajstić information content (AvgIpc) is 3.54. The Kier molecular flexibility index (Phi) is 8.60. The summed E-state index contributed by atoms with van der Waals surface area (Å²) in [4.78, 5) is 20.6. The fourth-order valence-electron chi connectivity index (χ4n) is 3.41. The number of alkyl halides is 3. The van der Waals surface area contributed by atoms with Crippen molar-refractivity contribution in [1.82, 2.24) is 24.7 Å². The summed E-state index contributed by atoms with van der Waals surface area (Å²) in [5.41, 5.74) is 2.59. The first-order valence-electron chi connectivity index (χ1n) is 10.8. The molecule has 4 aromatic rings. The van der Waals surface area contributed by atoms with Crippen molar-refractivity contribution in [3.63, 3.8) is 0 Å². The van der Waals surface area contributed by atoms with Gasteiger partial charge in [0.25, 0.3) is 6.08 Å². The van der Waals surface area contributed by atoms with Crippen LogP contribution in [0.4, 0.5) is 22.0 Å². The third kappa shape index (κ3) is 6.79. The van der Waals surface area contributed by atoms with E-state index in [-0.39, 0.29) is 17.1 Å². The predicted molar refractivity (Wildman–Crippen MR) is 126 cm³/mol. The van der Waals surface area contributed by atoms with Gasteiger partial charge in [0.2, 0.25) is 0 Å². The first kappa shape index (κ1) is 28.4. The number of hydrogen-bond donors (Lipinski definition) is 2. The number of fused-ring (bicyclic) bond motifs is 1. The number of carbonyl (C=O) groups is 1. The topological polar surface area (TPSA) is 131 Å². The lowest BCUT2D eigenvalue weighted by Gasteiger charge is -2.17. The van der Waals surface area contributed by atoms with Crippen LogP contribution in [0.2, 0.25) is 0 Å². The van der Waals surface area contributed by atoms with Crippen molar-refractivity contribution in [2.45, 2.75) is 30.5 Å². The molecule has 0 aliphatic rings. The number of nitrogens with one attached hydrogen (secondary N) is 1. The maximum Gasteiger partial charge on any atom is 0.490 e. The van der Waals surface area contributed by atoms with Gasteiger partial charge in [-0.2, -0.15) is 27.1 Å². The zero-order valence-corrected chi connectivity index (χ0v) is 20.3. The second-order valence-corrected chi connectivity index (χ2v) is 9.97. The van der Waals surface area contributed by atoms with E-state index in [1.165, 1.54) is 18.5 Å². The molecule has 15 heteroatoms. The van der Waals surface area contributed by atoms with E-state index in [9.17, 15) is 30.4 Å². The first-order chi connectivity index (χ1) is 17.8. The standard InChI is InChI=1S/C21H19F2N5O2S.C2HF3O2/c1-2-31(29,30)16-5-3-4-14(10-16)18(6-7-19(22)23)28-12-15(11-27-28)20-17-8-9-24-21(17)26-13-25-20;3-2(4,5)1(6)7/h3-5,7-13,18H,2,6H2,1H3,(H,24,25,26);(H,6,7). The van der Waals surface area contributed by atoms with Gasteiger partial charge in [-0.3, -0.25) is 4.68 Å². The second kappa shape index (κ2) is 11.5. The van der Waals surface area contributed by atoms with Crippen molar-refractivity contribution in [3.8, 4) is 11.3 Å². The summed E-state index contributed by atoms with van der Waals surface area (Å²) >= 11 is 0. The van der Waals surface area contributed by atoms with Crippen molar-refractivity contribution in [2.24, 2.45) is 0 Å². The van der Waals surface area contributed by atoms with Crippen LogP contribution in [-0.4, -0.2) is 56.2 Å². The zero-order valence-electron chi connectivity index (χ0n) is 19.5. The minimum Gasteiger partial charge on any atom is -0.475 e.